The van der Waals surface area contributed by atoms with Crippen molar-refractivity contribution in [2.75, 3.05) is 0 Å². The first kappa shape index (κ1) is 19.6. The molecule has 148 valence electrons. The van der Waals surface area contributed by atoms with E-state index in [1.165, 1.54) is 45.8 Å². The Labute approximate surface area is 174 Å². The Bertz CT molecular complexity index is 1090. The Morgan fingerprint density at radius 3 is 2.28 bits per heavy atom. The Kier molecular flexibility index (Phi) is 6.19. The average Bonchev–Trinajstić information content (AvgIpc) is 2.75. The molecule has 0 unspecified atom stereocenters. The second-order valence-corrected chi connectivity index (χ2v) is 8.41. The van der Waals surface area contributed by atoms with Gasteiger partial charge in [0, 0.05) is 41.6 Å². The average molecular weight is 384 g/mol. The molecule has 0 N–H and O–H groups in total. The van der Waals surface area contributed by atoms with Gasteiger partial charge in [-0.15, -0.1) is 0 Å². The van der Waals surface area contributed by atoms with Crippen LogP contribution in [0.2, 0.25) is 0 Å². The molecule has 2 heterocycles. The second-order valence-electron chi connectivity index (χ2n) is 8.41. The molecule has 0 fully saturated rings. The third kappa shape index (κ3) is 4.64. The molecule has 0 saturated heterocycles. The zero-order chi connectivity index (χ0) is 20.1. The van der Waals surface area contributed by atoms with E-state index in [0.29, 0.717) is 0 Å². The van der Waals surface area contributed by atoms with Crippen LogP contribution in [0.15, 0.2) is 73.1 Å². The molecule has 0 saturated carbocycles. The lowest BCUT2D eigenvalue weighted by Gasteiger charge is -2.10. The molecule has 0 atom stereocenters. The van der Waals surface area contributed by atoms with Crippen molar-refractivity contribution in [1.82, 2.24) is 4.98 Å². The van der Waals surface area contributed by atoms with Crippen molar-refractivity contribution in [3.05, 3.63) is 84.4 Å². The quantitative estimate of drug-likeness (QED) is 0.258. The van der Waals surface area contributed by atoms with Crippen molar-refractivity contribution in [1.29, 1.82) is 0 Å². The fourth-order valence-corrected chi connectivity index (χ4v) is 4.17. The van der Waals surface area contributed by atoms with Crippen LogP contribution in [0.1, 0.15) is 44.5 Å². The van der Waals surface area contributed by atoms with Gasteiger partial charge in [0.1, 0.15) is 6.54 Å². The molecule has 2 aromatic heterocycles. The molecule has 0 aliphatic rings. The van der Waals surface area contributed by atoms with Gasteiger partial charge in [0.15, 0.2) is 11.9 Å². The highest BCUT2D eigenvalue weighted by Gasteiger charge is 2.15. The van der Waals surface area contributed by atoms with Gasteiger partial charge in [0.2, 0.25) is 0 Å². The minimum Gasteiger partial charge on any atom is -0.261 e. The van der Waals surface area contributed by atoms with Gasteiger partial charge in [0.05, 0.1) is 0 Å². The summed E-state index contributed by atoms with van der Waals surface area (Å²) in [6, 6.07) is 21.8. The van der Waals surface area contributed by atoms with Gasteiger partial charge in [-0.05, 0) is 48.1 Å². The van der Waals surface area contributed by atoms with Crippen LogP contribution in [-0.4, -0.2) is 4.98 Å². The highest BCUT2D eigenvalue weighted by Crippen LogP contribution is 2.20. The molecule has 0 bridgehead atoms. The van der Waals surface area contributed by atoms with E-state index < -0.39 is 0 Å². The van der Waals surface area contributed by atoms with Crippen LogP contribution in [-0.2, 0) is 19.4 Å². The van der Waals surface area contributed by atoms with Crippen molar-refractivity contribution in [2.24, 2.45) is 5.92 Å². The molecule has 2 nitrogen and oxygen atoms in total. The van der Waals surface area contributed by atoms with Gasteiger partial charge < -0.3 is 0 Å². The van der Waals surface area contributed by atoms with Crippen LogP contribution >= 0.6 is 0 Å². The topological polar surface area (TPSA) is 16.8 Å². The summed E-state index contributed by atoms with van der Waals surface area (Å²) in [7, 11) is 0. The van der Waals surface area contributed by atoms with Gasteiger partial charge in [0.25, 0.3) is 0 Å². The first-order valence-corrected chi connectivity index (χ1v) is 10.9. The van der Waals surface area contributed by atoms with Crippen LogP contribution < -0.4 is 4.57 Å². The molecule has 0 aliphatic heterocycles. The first-order valence-electron chi connectivity index (χ1n) is 10.9. The molecule has 4 rings (SSSR count). The smallest absolute Gasteiger partial charge is 0.189 e. The summed E-state index contributed by atoms with van der Waals surface area (Å²) in [6.45, 7) is 5.71. The number of hydrogen-bond donors (Lipinski definition) is 0. The van der Waals surface area contributed by atoms with Crippen molar-refractivity contribution in [2.45, 2.75) is 52.5 Å². The summed E-state index contributed by atoms with van der Waals surface area (Å²) < 4.78 is 2.48. The van der Waals surface area contributed by atoms with E-state index in [0.717, 1.165) is 31.7 Å². The number of benzene rings is 2. The van der Waals surface area contributed by atoms with E-state index in [2.05, 4.69) is 90.3 Å². The van der Waals surface area contributed by atoms with Crippen molar-refractivity contribution in [3.8, 4) is 0 Å². The predicted octanol–water partition coefficient (Wildman–Crippen LogP) is 6.29. The summed E-state index contributed by atoms with van der Waals surface area (Å²) in [4.78, 5) is 4.66. The molecule has 4 aromatic rings. The van der Waals surface area contributed by atoms with Crippen LogP contribution in [0, 0.1) is 5.92 Å². The predicted molar refractivity (Wildman–Crippen MR) is 122 cm³/mol. The molecule has 29 heavy (non-hydrogen) atoms. The van der Waals surface area contributed by atoms with Crippen LogP contribution in [0.4, 0.5) is 0 Å². The van der Waals surface area contributed by atoms with Crippen molar-refractivity contribution < 1.29 is 4.57 Å². The van der Waals surface area contributed by atoms with E-state index in [1.54, 1.807) is 0 Å². The van der Waals surface area contributed by atoms with E-state index in [-0.39, 0.29) is 0 Å². The fourth-order valence-electron chi connectivity index (χ4n) is 4.17. The van der Waals surface area contributed by atoms with Gasteiger partial charge >= 0.3 is 0 Å². The van der Waals surface area contributed by atoms with Gasteiger partial charge in [-0.1, -0.05) is 56.3 Å². The number of unbranched alkanes of at least 4 members (excludes halogenated alkanes) is 1. The standard InChI is InChI=1S/C27H31N2/c1-21(2)16-19-29-20-17-23-10-4-6-12-25(23)27(29)14-8-7-13-26-24-11-5-3-9-22(24)15-18-28-26/h3-6,9-12,15,17-18,20-21H,7-8,13-14,16,19H2,1-2H3/q+1. The van der Waals surface area contributed by atoms with Gasteiger partial charge in [-0.2, -0.15) is 0 Å². The number of rotatable bonds is 8. The SMILES string of the molecule is CC(C)CC[n+]1ccc2ccccc2c1CCCCc1nccc2ccccc12. The molecule has 2 aromatic carbocycles. The number of aromatic nitrogens is 2. The number of pyridine rings is 2. The summed E-state index contributed by atoms with van der Waals surface area (Å²) in [5.74, 6) is 0.722. The molecule has 0 amide bonds. The van der Waals surface area contributed by atoms with Crippen LogP contribution in [0.3, 0.4) is 0 Å². The maximum absolute atomic E-state index is 4.66. The van der Waals surface area contributed by atoms with E-state index >= 15 is 0 Å². The molecule has 0 spiro atoms. The Balaban J connectivity index is 1.49. The largest absolute Gasteiger partial charge is 0.261 e. The third-order valence-corrected chi connectivity index (χ3v) is 5.83. The van der Waals surface area contributed by atoms with Crippen LogP contribution in [0.25, 0.3) is 21.5 Å². The molecular formula is C27H31N2+. The number of hydrogen-bond acceptors (Lipinski definition) is 1. The third-order valence-electron chi connectivity index (χ3n) is 5.83. The fraction of sp³-hybridized carbons (Fsp3) is 0.333. The van der Waals surface area contributed by atoms with Crippen molar-refractivity contribution >= 4 is 21.5 Å². The Morgan fingerprint density at radius 2 is 1.48 bits per heavy atom. The molecule has 0 aliphatic carbocycles. The summed E-state index contributed by atoms with van der Waals surface area (Å²) in [5.41, 5.74) is 2.71. The zero-order valence-electron chi connectivity index (χ0n) is 17.6. The monoisotopic (exact) mass is 383 g/mol. The summed E-state index contributed by atoms with van der Waals surface area (Å²) in [6.07, 6.45) is 9.95. The van der Waals surface area contributed by atoms with Crippen LogP contribution in [0.5, 0.6) is 0 Å². The minimum absolute atomic E-state index is 0.722. The summed E-state index contributed by atoms with van der Waals surface area (Å²) >= 11 is 0. The normalized spacial score (nSPS) is 11.6. The lowest BCUT2D eigenvalue weighted by molar-refractivity contribution is -0.703. The highest BCUT2D eigenvalue weighted by molar-refractivity contribution is 5.84. The van der Waals surface area contributed by atoms with Gasteiger partial charge in [-0.3, -0.25) is 4.98 Å². The lowest BCUT2D eigenvalue weighted by Crippen LogP contribution is -2.39. The van der Waals surface area contributed by atoms with E-state index in [1.807, 2.05) is 6.20 Å². The maximum atomic E-state index is 4.66. The molecule has 2 heteroatoms. The number of fused-ring (bicyclic) bond motifs is 2. The minimum atomic E-state index is 0.722. The second kappa shape index (κ2) is 9.17. The molecule has 0 radical (unpaired) electrons. The zero-order valence-corrected chi connectivity index (χ0v) is 17.6. The van der Waals surface area contributed by atoms with Gasteiger partial charge in [-0.25, -0.2) is 4.57 Å². The highest BCUT2D eigenvalue weighted by atomic mass is 15.0. The first-order chi connectivity index (χ1) is 14.2. The van der Waals surface area contributed by atoms with E-state index in [9.17, 15) is 0 Å². The number of nitrogens with zero attached hydrogens (tertiary/aromatic N) is 2. The van der Waals surface area contributed by atoms with Crippen molar-refractivity contribution in [3.63, 3.8) is 0 Å². The maximum Gasteiger partial charge on any atom is 0.189 e. The Hall–Kier alpha value is -2.74. The Morgan fingerprint density at radius 1 is 0.793 bits per heavy atom. The van der Waals surface area contributed by atoms with E-state index in [4.69, 9.17) is 0 Å². The lowest BCUT2D eigenvalue weighted by atomic mass is 10.0. The summed E-state index contributed by atoms with van der Waals surface area (Å²) in [5, 5.41) is 5.34. The number of aryl methyl sites for hydroxylation is 3. The molecular weight excluding hydrogens is 352 g/mol.